The van der Waals surface area contributed by atoms with Gasteiger partial charge in [0.1, 0.15) is 11.9 Å². The van der Waals surface area contributed by atoms with Gasteiger partial charge in [0.15, 0.2) is 11.5 Å². The molecule has 0 saturated heterocycles. The van der Waals surface area contributed by atoms with E-state index in [0.29, 0.717) is 24.3 Å². The number of nitrogens with zero attached hydrogens (tertiary/aromatic N) is 1. The number of anilines is 1. The van der Waals surface area contributed by atoms with E-state index in [2.05, 4.69) is 22.5 Å². The van der Waals surface area contributed by atoms with Crippen molar-refractivity contribution in [2.45, 2.75) is 25.4 Å². The zero-order chi connectivity index (χ0) is 24.9. The summed E-state index contributed by atoms with van der Waals surface area (Å²) in [6.07, 6.45) is 7.73. The average Bonchev–Trinajstić information content (AvgIpc) is 2.91. The maximum atomic E-state index is 12.5. The summed E-state index contributed by atoms with van der Waals surface area (Å²) in [6.45, 7) is 0. The number of amides is 1. The van der Waals surface area contributed by atoms with Crippen LogP contribution in [0.4, 0.5) is 5.69 Å². The topological polar surface area (TPSA) is 69.7 Å². The minimum absolute atomic E-state index is 0.000905. The van der Waals surface area contributed by atoms with E-state index in [4.69, 9.17) is 14.2 Å². The summed E-state index contributed by atoms with van der Waals surface area (Å²) in [7, 11) is 3.22. The lowest BCUT2D eigenvalue weighted by molar-refractivity contribution is -0.116. The molecule has 3 aromatic carbocycles. The van der Waals surface area contributed by atoms with Crippen molar-refractivity contribution < 1.29 is 19.0 Å². The van der Waals surface area contributed by atoms with Gasteiger partial charge in [0.05, 0.1) is 19.7 Å². The summed E-state index contributed by atoms with van der Waals surface area (Å²) in [5.74, 6) is 1.97. The second-order valence-corrected chi connectivity index (χ2v) is 8.67. The van der Waals surface area contributed by atoms with Crippen LogP contribution >= 0.6 is 0 Å². The highest BCUT2D eigenvalue weighted by molar-refractivity contribution is 5.91. The summed E-state index contributed by atoms with van der Waals surface area (Å²) >= 11 is 0. The first-order valence-corrected chi connectivity index (χ1v) is 12.0. The number of rotatable bonds is 8. The van der Waals surface area contributed by atoms with Crippen molar-refractivity contribution in [2.75, 3.05) is 19.5 Å². The Hall–Kier alpha value is -4.32. The minimum atomic E-state index is -0.153. The Morgan fingerprint density at radius 2 is 1.75 bits per heavy atom. The Morgan fingerprint density at radius 1 is 0.944 bits per heavy atom. The van der Waals surface area contributed by atoms with Gasteiger partial charge >= 0.3 is 0 Å². The summed E-state index contributed by atoms with van der Waals surface area (Å²) in [4.78, 5) is 17.0. The van der Waals surface area contributed by atoms with E-state index in [1.54, 1.807) is 20.4 Å². The van der Waals surface area contributed by atoms with E-state index in [1.165, 1.54) is 0 Å². The fourth-order valence-electron chi connectivity index (χ4n) is 4.42. The lowest BCUT2D eigenvalue weighted by atomic mass is 10.0. The van der Waals surface area contributed by atoms with Crippen LogP contribution in [0.2, 0.25) is 0 Å². The molecule has 1 N–H and O–H groups in total. The molecule has 0 bridgehead atoms. The van der Waals surface area contributed by atoms with Crippen LogP contribution in [0.3, 0.4) is 0 Å². The zero-order valence-electron chi connectivity index (χ0n) is 20.4. The van der Waals surface area contributed by atoms with Crippen molar-refractivity contribution in [1.29, 1.82) is 0 Å². The third-order valence-corrected chi connectivity index (χ3v) is 6.27. The van der Waals surface area contributed by atoms with Crippen molar-refractivity contribution >= 4 is 34.6 Å². The van der Waals surface area contributed by atoms with E-state index in [-0.39, 0.29) is 12.0 Å². The number of aromatic nitrogens is 1. The molecule has 0 saturated carbocycles. The molecule has 1 aliphatic rings. The van der Waals surface area contributed by atoms with E-state index < -0.39 is 0 Å². The molecule has 1 heterocycles. The molecule has 1 amide bonds. The van der Waals surface area contributed by atoms with Crippen molar-refractivity contribution in [3.8, 4) is 17.2 Å². The number of hydrogen-bond acceptors (Lipinski definition) is 5. The Balaban J connectivity index is 1.33. The smallest absolute Gasteiger partial charge is 0.224 e. The normalized spacial score (nSPS) is 14.2. The summed E-state index contributed by atoms with van der Waals surface area (Å²) in [5, 5.41) is 6.04. The fraction of sp³-hybridized carbons (Fsp3) is 0.200. The molecule has 1 atom stereocenters. The molecule has 0 aliphatic heterocycles. The van der Waals surface area contributed by atoms with Crippen molar-refractivity contribution in [3.63, 3.8) is 0 Å². The van der Waals surface area contributed by atoms with Crippen LogP contribution in [0.5, 0.6) is 17.2 Å². The number of carbonyl (C=O) groups is 1. The van der Waals surface area contributed by atoms with Crippen LogP contribution in [0.1, 0.15) is 18.4 Å². The SMILES string of the molecule is COc1cc2nccc(OC3C=c4cc(NC(=O)CCc5ccccc5)ccc4=CC3)c2cc1OC. The van der Waals surface area contributed by atoms with Gasteiger partial charge in [-0.2, -0.15) is 0 Å². The molecule has 36 heavy (non-hydrogen) atoms. The number of carbonyl (C=O) groups excluding carboxylic acids is 1. The molecular formula is C30H28N2O4. The van der Waals surface area contributed by atoms with Gasteiger partial charge in [-0.15, -0.1) is 0 Å². The van der Waals surface area contributed by atoms with Crippen molar-refractivity contribution in [1.82, 2.24) is 4.98 Å². The third-order valence-electron chi connectivity index (χ3n) is 6.27. The molecule has 0 fully saturated rings. The van der Waals surface area contributed by atoms with Crippen LogP contribution in [0.25, 0.3) is 23.1 Å². The first-order chi connectivity index (χ1) is 17.6. The molecular weight excluding hydrogens is 452 g/mol. The lowest BCUT2D eigenvalue weighted by Crippen LogP contribution is -2.33. The van der Waals surface area contributed by atoms with Crippen LogP contribution in [0, 0.1) is 0 Å². The van der Waals surface area contributed by atoms with Gasteiger partial charge in [0, 0.05) is 36.2 Å². The van der Waals surface area contributed by atoms with Crippen molar-refractivity contribution in [3.05, 3.63) is 88.9 Å². The number of benzene rings is 3. The highest BCUT2D eigenvalue weighted by atomic mass is 16.5. The van der Waals surface area contributed by atoms with Crippen LogP contribution < -0.4 is 30.0 Å². The van der Waals surface area contributed by atoms with Crippen LogP contribution in [-0.4, -0.2) is 31.2 Å². The monoisotopic (exact) mass is 480 g/mol. The first-order valence-electron chi connectivity index (χ1n) is 12.0. The Bertz CT molecular complexity index is 1520. The molecule has 6 heteroatoms. The van der Waals surface area contributed by atoms with Crippen LogP contribution in [-0.2, 0) is 11.2 Å². The molecule has 5 rings (SSSR count). The molecule has 4 aromatic rings. The number of aryl methyl sites for hydroxylation is 1. The van der Waals surface area contributed by atoms with E-state index >= 15 is 0 Å². The van der Waals surface area contributed by atoms with E-state index in [0.717, 1.165) is 44.8 Å². The highest BCUT2D eigenvalue weighted by Gasteiger charge is 2.15. The predicted molar refractivity (Wildman–Crippen MR) is 142 cm³/mol. The largest absolute Gasteiger partial charge is 0.493 e. The molecule has 1 unspecified atom stereocenters. The fourth-order valence-corrected chi connectivity index (χ4v) is 4.42. The minimum Gasteiger partial charge on any atom is -0.493 e. The van der Waals surface area contributed by atoms with Gasteiger partial charge in [0.25, 0.3) is 0 Å². The van der Waals surface area contributed by atoms with E-state index in [1.807, 2.05) is 66.7 Å². The molecule has 1 aromatic heterocycles. The van der Waals surface area contributed by atoms with Gasteiger partial charge in [-0.3, -0.25) is 9.78 Å². The van der Waals surface area contributed by atoms with E-state index in [9.17, 15) is 4.79 Å². The summed E-state index contributed by atoms with van der Waals surface area (Å²) in [6, 6.07) is 21.6. The second-order valence-electron chi connectivity index (χ2n) is 8.67. The Kier molecular flexibility index (Phi) is 6.85. The van der Waals surface area contributed by atoms with Gasteiger partial charge in [0.2, 0.25) is 5.91 Å². The van der Waals surface area contributed by atoms with Gasteiger partial charge in [-0.05, 0) is 52.8 Å². The number of hydrogen-bond donors (Lipinski definition) is 1. The number of fused-ring (bicyclic) bond motifs is 2. The third kappa shape index (κ3) is 5.18. The quantitative estimate of drug-likeness (QED) is 0.409. The van der Waals surface area contributed by atoms with Gasteiger partial charge in [-0.25, -0.2) is 0 Å². The number of methoxy groups -OCH3 is 2. The maximum Gasteiger partial charge on any atom is 0.224 e. The van der Waals surface area contributed by atoms with Crippen LogP contribution in [0.15, 0.2) is 72.9 Å². The molecule has 182 valence electrons. The molecule has 1 aliphatic carbocycles. The number of nitrogens with one attached hydrogen (secondary N) is 1. The number of ether oxygens (including phenoxy) is 3. The zero-order valence-corrected chi connectivity index (χ0v) is 20.4. The highest BCUT2D eigenvalue weighted by Crippen LogP contribution is 2.35. The second kappa shape index (κ2) is 10.5. The average molecular weight is 481 g/mol. The molecule has 0 spiro atoms. The maximum absolute atomic E-state index is 12.5. The predicted octanol–water partition coefficient (Wildman–Crippen LogP) is 4.24. The van der Waals surface area contributed by atoms with Crippen molar-refractivity contribution in [2.24, 2.45) is 0 Å². The first kappa shape index (κ1) is 23.4. The summed E-state index contributed by atoms with van der Waals surface area (Å²) in [5.41, 5.74) is 2.70. The number of pyridine rings is 1. The standard InChI is InChI=1S/C30H28N2O4/c1-34-28-18-25-26(19-29(28)35-2)31-15-14-27(25)36-24-12-10-21-9-11-23(16-22(21)17-24)32-30(33)13-8-20-6-4-3-5-7-20/h3-7,9-11,14-19,24H,8,12-13H2,1-2H3,(H,32,33). The molecule has 6 nitrogen and oxygen atoms in total. The van der Waals surface area contributed by atoms with Gasteiger partial charge < -0.3 is 19.5 Å². The molecule has 0 radical (unpaired) electrons. The van der Waals surface area contributed by atoms with Gasteiger partial charge in [-0.1, -0.05) is 42.5 Å². The Morgan fingerprint density at radius 3 is 2.56 bits per heavy atom. The Labute approximate surface area is 209 Å². The lowest BCUT2D eigenvalue weighted by Gasteiger charge is -2.19. The summed E-state index contributed by atoms with van der Waals surface area (Å²) < 4.78 is 17.3.